The molecule has 0 nitrogen and oxygen atoms in total. The Bertz CT molecular complexity index is 1460. The lowest BCUT2D eigenvalue weighted by Crippen LogP contribution is -1.92. The van der Waals surface area contributed by atoms with Crippen LogP contribution >= 0.6 is 0 Å². The maximum absolute atomic E-state index is 5.83. The fourth-order valence-corrected chi connectivity index (χ4v) is 3.28. The van der Waals surface area contributed by atoms with Gasteiger partial charge in [-0.15, -0.1) is 12.8 Å². The fourth-order valence-electron chi connectivity index (χ4n) is 3.28. The summed E-state index contributed by atoms with van der Waals surface area (Å²) < 4.78 is 0. The minimum atomic E-state index is 0.649. The van der Waals surface area contributed by atoms with Crippen molar-refractivity contribution >= 4 is 0 Å². The third-order valence-corrected chi connectivity index (χ3v) is 5.18. The van der Waals surface area contributed by atoms with E-state index in [1.165, 1.54) is 0 Å². The van der Waals surface area contributed by atoms with Gasteiger partial charge in [-0.3, -0.25) is 0 Å². The van der Waals surface area contributed by atoms with Crippen LogP contribution in [-0.4, -0.2) is 0 Å². The Morgan fingerprint density at radius 3 is 1.14 bits per heavy atom. The van der Waals surface area contributed by atoms with Crippen LogP contribution in [0.5, 0.6) is 0 Å². The number of hydrogen-bond acceptors (Lipinski definition) is 0. The van der Waals surface area contributed by atoms with E-state index in [4.69, 9.17) is 12.8 Å². The van der Waals surface area contributed by atoms with Gasteiger partial charge in [-0.1, -0.05) is 97.3 Å². The summed E-state index contributed by atoms with van der Waals surface area (Å²) in [7, 11) is 0. The van der Waals surface area contributed by atoms with Crippen molar-refractivity contribution < 1.29 is 0 Å². The van der Waals surface area contributed by atoms with Crippen molar-refractivity contribution in [2.75, 3.05) is 0 Å². The summed E-state index contributed by atoms with van der Waals surface area (Å²) in [6, 6.07) is 19.4. The SMILES string of the molecule is C#Cc1cc(C#Cc2ccccc2C#CCCC)c(C#C)cc1C#Cc1ccccc1C#CCCC. The highest BCUT2D eigenvalue weighted by atomic mass is 14.1. The van der Waals surface area contributed by atoms with Gasteiger partial charge >= 0.3 is 0 Å². The molecule has 0 fully saturated rings. The summed E-state index contributed by atoms with van der Waals surface area (Å²) >= 11 is 0. The van der Waals surface area contributed by atoms with Crippen molar-refractivity contribution in [2.24, 2.45) is 0 Å². The van der Waals surface area contributed by atoms with Gasteiger partial charge in [-0.2, -0.15) is 0 Å². The van der Waals surface area contributed by atoms with Crippen LogP contribution in [0.1, 0.15) is 84.0 Å². The van der Waals surface area contributed by atoms with Gasteiger partial charge < -0.3 is 0 Å². The third kappa shape index (κ3) is 7.01. The topological polar surface area (TPSA) is 0 Å². The predicted molar refractivity (Wildman–Crippen MR) is 151 cm³/mol. The van der Waals surface area contributed by atoms with Crippen LogP contribution in [-0.2, 0) is 0 Å². The van der Waals surface area contributed by atoms with Crippen LogP contribution in [0.15, 0.2) is 60.7 Å². The summed E-state index contributed by atoms with van der Waals surface area (Å²) in [5.74, 6) is 31.1. The number of benzene rings is 3. The molecular weight excluding hydrogens is 432 g/mol. The molecule has 36 heavy (non-hydrogen) atoms. The molecule has 0 N–H and O–H groups in total. The van der Waals surface area contributed by atoms with E-state index in [1.807, 2.05) is 60.7 Å². The van der Waals surface area contributed by atoms with Crippen LogP contribution in [0, 0.1) is 72.1 Å². The second-order valence-electron chi connectivity index (χ2n) is 7.93. The number of hydrogen-bond donors (Lipinski definition) is 0. The summed E-state index contributed by atoms with van der Waals surface area (Å²) in [6.07, 6.45) is 15.4. The molecule has 0 atom stereocenters. The standard InChI is InChI=1S/C36H26/c1-5-9-11-17-31-19-13-15-21-33(31)23-25-35-27-30(8-4)36(28-29(35)7-3)26-24-34-22-16-14-20-32(34)18-12-10-6-2/h3-4,13-16,19-22,27-28H,5-6,9-10H2,1-2H3. The molecule has 0 bridgehead atoms. The van der Waals surface area contributed by atoms with E-state index in [9.17, 15) is 0 Å². The van der Waals surface area contributed by atoms with Crippen LogP contribution < -0.4 is 0 Å². The number of unbranched alkanes of at least 4 members (excludes halogenated alkanes) is 2. The van der Waals surface area contributed by atoms with Gasteiger partial charge in [0.25, 0.3) is 0 Å². The quantitative estimate of drug-likeness (QED) is 0.373. The predicted octanol–water partition coefficient (Wildman–Crippen LogP) is 6.75. The molecule has 0 heteroatoms. The molecule has 3 aromatic rings. The van der Waals surface area contributed by atoms with E-state index >= 15 is 0 Å². The zero-order valence-electron chi connectivity index (χ0n) is 20.8. The molecule has 0 aliphatic rings. The highest BCUT2D eigenvalue weighted by molar-refractivity contribution is 5.63. The summed E-state index contributed by atoms with van der Waals surface area (Å²) in [5, 5.41) is 0. The lowest BCUT2D eigenvalue weighted by atomic mass is 9.98. The minimum Gasteiger partial charge on any atom is -0.115 e. The zero-order chi connectivity index (χ0) is 25.6. The molecule has 3 aromatic carbocycles. The minimum absolute atomic E-state index is 0.649. The second-order valence-corrected chi connectivity index (χ2v) is 7.93. The Morgan fingerprint density at radius 1 is 0.472 bits per heavy atom. The van der Waals surface area contributed by atoms with Gasteiger partial charge in [-0.25, -0.2) is 0 Å². The largest absolute Gasteiger partial charge is 0.115 e. The normalized spacial score (nSPS) is 8.89. The Kier molecular flexibility index (Phi) is 9.73. The van der Waals surface area contributed by atoms with E-state index in [2.05, 4.69) is 73.1 Å². The summed E-state index contributed by atoms with van der Waals surface area (Å²) in [4.78, 5) is 0. The van der Waals surface area contributed by atoms with Gasteiger partial charge in [-0.05, 0) is 49.2 Å². The summed E-state index contributed by atoms with van der Waals surface area (Å²) in [6.45, 7) is 4.22. The van der Waals surface area contributed by atoms with E-state index in [0.29, 0.717) is 22.3 Å². The molecule has 0 saturated heterocycles. The lowest BCUT2D eigenvalue weighted by molar-refractivity contribution is 0.983. The molecule has 0 heterocycles. The van der Waals surface area contributed by atoms with Crippen LogP contribution in [0.3, 0.4) is 0 Å². The number of rotatable bonds is 2. The Balaban J connectivity index is 2.01. The maximum Gasteiger partial charge on any atom is 0.0418 e. The maximum atomic E-state index is 5.83. The lowest BCUT2D eigenvalue weighted by Gasteiger charge is -2.03. The molecule has 0 aliphatic heterocycles. The third-order valence-electron chi connectivity index (χ3n) is 5.18. The van der Waals surface area contributed by atoms with E-state index in [-0.39, 0.29) is 0 Å². The molecule has 170 valence electrons. The highest BCUT2D eigenvalue weighted by Gasteiger charge is 2.06. The van der Waals surface area contributed by atoms with E-state index < -0.39 is 0 Å². The van der Waals surface area contributed by atoms with E-state index in [1.54, 1.807) is 0 Å². The molecule has 0 unspecified atom stereocenters. The van der Waals surface area contributed by atoms with Crippen molar-refractivity contribution in [2.45, 2.75) is 39.5 Å². The molecule has 0 saturated carbocycles. The first-order valence-electron chi connectivity index (χ1n) is 12.0. The van der Waals surface area contributed by atoms with Crippen molar-refractivity contribution in [3.05, 3.63) is 105 Å². The van der Waals surface area contributed by atoms with Crippen molar-refractivity contribution in [3.63, 3.8) is 0 Å². The molecule has 0 aromatic heterocycles. The fraction of sp³-hybridized carbons (Fsp3) is 0.167. The van der Waals surface area contributed by atoms with Crippen LogP contribution in [0.2, 0.25) is 0 Å². The molecule has 0 amide bonds. The van der Waals surface area contributed by atoms with Gasteiger partial charge in [0.05, 0.1) is 0 Å². The van der Waals surface area contributed by atoms with Crippen molar-refractivity contribution in [1.29, 1.82) is 0 Å². The summed E-state index contributed by atoms with van der Waals surface area (Å²) in [5.41, 5.74) is 6.21. The van der Waals surface area contributed by atoms with Crippen molar-refractivity contribution in [3.8, 4) is 72.1 Å². The average Bonchev–Trinajstić information content (AvgIpc) is 2.92. The first-order valence-corrected chi connectivity index (χ1v) is 12.0. The first kappa shape index (κ1) is 25.6. The second kappa shape index (κ2) is 13.7. The first-order chi connectivity index (χ1) is 17.7. The molecule has 3 rings (SSSR count). The molecule has 0 spiro atoms. The molecule has 0 radical (unpaired) electrons. The molecule has 0 aliphatic carbocycles. The van der Waals surface area contributed by atoms with E-state index in [0.717, 1.165) is 47.9 Å². The van der Waals surface area contributed by atoms with Gasteiger partial charge in [0, 0.05) is 57.3 Å². The molecular formula is C36H26. The Morgan fingerprint density at radius 2 is 0.806 bits per heavy atom. The van der Waals surface area contributed by atoms with Gasteiger partial charge in [0.15, 0.2) is 0 Å². The number of terminal acetylenes is 2. The van der Waals surface area contributed by atoms with Gasteiger partial charge in [0.1, 0.15) is 0 Å². The van der Waals surface area contributed by atoms with Crippen LogP contribution in [0.4, 0.5) is 0 Å². The zero-order valence-corrected chi connectivity index (χ0v) is 20.8. The Hall–Kier alpha value is -4.98. The van der Waals surface area contributed by atoms with Crippen molar-refractivity contribution in [1.82, 2.24) is 0 Å². The highest BCUT2D eigenvalue weighted by Crippen LogP contribution is 2.17. The smallest absolute Gasteiger partial charge is 0.0418 e. The average molecular weight is 459 g/mol. The Labute approximate surface area is 216 Å². The monoisotopic (exact) mass is 458 g/mol. The van der Waals surface area contributed by atoms with Gasteiger partial charge in [0.2, 0.25) is 0 Å². The van der Waals surface area contributed by atoms with Crippen LogP contribution in [0.25, 0.3) is 0 Å².